The Morgan fingerprint density at radius 2 is 2.05 bits per heavy atom. The lowest BCUT2D eigenvalue weighted by molar-refractivity contribution is 0.0963. The van der Waals surface area contributed by atoms with Gasteiger partial charge in [0.2, 0.25) is 0 Å². The van der Waals surface area contributed by atoms with E-state index in [9.17, 15) is 4.79 Å². The number of piperidine rings is 1. The van der Waals surface area contributed by atoms with Crippen LogP contribution >= 0.6 is 0 Å². The van der Waals surface area contributed by atoms with Crippen LogP contribution in [-0.4, -0.2) is 56.3 Å². The predicted molar refractivity (Wildman–Crippen MR) is 81.0 cm³/mol. The van der Waals surface area contributed by atoms with Crippen molar-refractivity contribution < 1.29 is 9.53 Å². The van der Waals surface area contributed by atoms with E-state index >= 15 is 0 Å². The van der Waals surface area contributed by atoms with Crippen molar-refractivity contribution in [3.05, 3.63) is 0 Å². The van der Waals surface area contributed by atoms with E-state index in [0.717, 1.165) is 44.9 Å². The average Bonchev–Trinajstić information content (AvgIpc) is 2.47. The predicted octanol–water partition coefficient (Wildman–Crippen LogP) is 1.57. The van der Waals surface area contributed by atoms with Crippen LogP contribution in [0.4, 0.5) is 4.79 Å². The molecular formula is C14H28N4O2. The Morgan fingerprint density at radius 1 is 1.35 bits per heavy atom. The molecule has 1 fully saturated rings. The molecule has 0 aliphatic carbocycles. The maximum Gasteiger partial charge on any atom is 0.409 e. The lowest BCUT2D eigenvalue weighted by Crippen LogP contribution is -2.50. The van der Waals surface area contributed by atoms with E-state index in [-0.39, 0.29) is 6.09 Å². The molecule has 0 aromatic heterocycles. The van der Waals surface area contributed by atoms with E-state index in [4.69, 9.17) is 4.74 Å². The first-order valence-electron chi connectivity index (χ1n) is 7.60. The van der Waals surface area contributed by atoms with Gasteiger partial charge in [0.05, 0.1) is 6.61 Å². The first-order chi connectivity index (χ1) is 9.71. The topological polar surface area (TPSA) is 66.0 Å². The van der Waals surface area contributed by atoms with E-state index in [1.165, 1.54) is 6.42 Å². The van der Waals surface area contributed by atoms with E-state index in [1.807, 2.05) is 6.92 Å². The monoisotopic (exact) mass is 284 g/mol. The molecule has 0 radical (unpaired) electrons. The van der Waals surface area contributed by atoms with Crippen LogP contribution in [0.25, 0.3) is 0 Å². The molecule has 116 valence electrons. The standard InChI is InChI=1S/C14H28N4O2/c1-4-6-9-16-13(15-3)17-12-7-10-18(11-8-12)14(19)20-5-2/h12H,4-11H2,1-3H3,(H2,15,16,17). The lowest BCUT2D eigenvalue weighted by atomic mass is 10.1. The summed E-state index contributed by atoms with van der Waals surface area (Å²) in [4.78, 5) is 17.6. The first kappa shape index (κ1) is 16.6. The molecule has 0 saturated carbocycles. The Kier molecular flexibility index (Phi) is 7.84. The van der Waals surface area contributed by atoms with Gasteiger partial charge in [0.25, 0.3) is 0 Å². The summed E-state index contributed by atoms with van der Waals surface area (Å²) in [6.07, 6.45) is 3.96. The van der Waals surface area contributed by atoms with Gasteiger partial charge in [-0.2, -0.15) is 0 Å². The third-order valence-corrected chi connectivity index (χ3v) is 3.41. The number of guanidine groups is 1. The largest absolute Gasteiger partial charge is 0.450 e. The van der Waals surface area contributed by atoms with Crippen molar-refractivity contribution in [3.8, 4) is 0 Å². The molecule has 6 heteroatoms. The normalized spacial score (nSPS) is 16.9. The highest BCUT2D eigenvalue weighted by atomic mass is 16.6. The second-order valence-corrected chi connectivity index (χ2v) is 4.96. The number of ether oxygens (including phenoxy) is 1. The van der Waals surface area contributed by atoms with Crippen LogP contribution in [0.2, 0.25) is 0 Å². The summed E-state index contributed by atoms with van der Waals surface area (Å²) >= 11 is 0. The van der Waals surface area contributed by atoms with Crippen molar-refractivity contribution in [2.75, 3.05) is 33.3 Å². The van der Waals surface area contributed by atoms with Crippen molar-refractivity contribution >= 4 is 12.1 Å². The molecule has 1 aliphatic heterocycles. The molecule has 1 aliphatic rings. The molecule has 2 N–H and O–H groups in total. The molecule has 0 aromatic rings. The minimum atomic E-state index is -0.198. The fourth-order valence-electron chi connectivity index (χ4n) is 2.19. The highest BCUT2D eigenvalue weighted by Crippen LogP contribution is 2.11. The summed E-state index contributed by atoms with van der Waals surface area (Å²) in [7, 11) is 1.79. The van der Waals surface area contributed by atoms with E-state index < -0.39 is 0 Å². The van der Waals surface area contributed by atoms with Gasteiger partial charge in [-0.25, -0.2) is 4.79 Å². The zero-order chi connectivity index (χ0) is 14.8. The highest BCUT2D eigenvalue weighted by Gasteiger charge is 2.23. The van der Waals surface area contributed by atoms with Gasteiger partial charge in [0.15, 0.2) is 5.96 Å². The van der Waals surface area contributed by atoms with Crippen molar-refractivity contribution in [2.24, 2.45) is 4.99 Å². The van der Waals surface area contributed by atoms with Crippen LogP contribution < -0.4 is 10.6 Å². The molecule has 0 aromatic carbocycles. The zero-order valence-electron chi connectivity index (χ0n) is 12.9. The van der Waals surface area contributed by atoms with Crippen molar-refractivity contribution in [3.63, 3.8) is 0 Å². The molecule has 1 rings (SSSR count). The van der Waals surface area contributed by atoms with Gasteiger partial charge < -0.3 is 20.3 Å². The Labute approximate surface area is 122 Å². The van der Waals surface area contributed by atoms with E-state index in [1.54, 1.807) is 11.9 Å². The fraction of sp³-hybridized carbons (Fsp3) is 0.857. The Hall–Kier alpha value is -1.46. The number of hydrogen-bond donors (Lipinski definition) is 2. The lowest BCUT2D eigenvalue weighted by Gasteiger charge is -2.32. The summed E-state index contributed by atoms with van der Waals surface area (Å²) in [5.74, 6) is 0.855. The molecule has 1 saturated heterocycles. The second-order valence-electron chi connectivity index (χ2n) is 4.96. The minimum absolute atomic E-state index is 0.198. The molecule has 0 bridgehead atoms. The summed E-state index contributed by atoms with van der Waals surface area (Å²) in [5, 5.41) is 6.72. The van der Waals surface area contributed by atoms with Crippen molar-refractivity contribution in [1.82, 2.24) is 15.5 Å². The highest BCUT2D eigenvalue weighted by molar-refractivity contribution is 5.80. The van der Waals surface area contributed by atoms with Crippen LogP contribution in [0.5, 0.6) is 0 Å². The molecule has 1 amide bonds. The SMILES string of the molecule is CCCCNC(=NC)NC1CCN(C(=O)OCC)CC1. The second kappa shape index (κ2) is 9.44. The third kappa shape index (κ3) is 5.67. The van der Waals surface area contributed by atoms with Crippen molar-refractivity contribution in [2.45, 2.75) is 45.6 Å². The van der Waals surface area contributed by atoms with Gasteiger partial charge in [-0.15, -0.1) is 0 Å². The van der Waals surface area contributed by atoms with Gasteiger partial charge in [0.1, 0.15) is 0 Å². The van der Waals surface area contributed by atoms with Gasteiger partial charge >= 0.3 is 6.09 Å². The number of nitrogens with one attached hydrogen (secondary N) is 2. The van der Waals surface area contributed by atoms with Gasteiger partial charge in [0, 0.05) is 32.7 Å². The van der Waals surface area contributed by atoms with Crippen LogP contribution in [0, 0.1) is 0 Å². The smallest absolute Gasteiger partial charge is 0.409 e. The van der Waals surface area contributed by atoms with E-state index in [0.29, 0.717) is 12.6 Å². The van der Waals surface area contributed by atoms with Gasteiger partial charge in [-0.05, 0) is 26.2 Å². The molecule has 6 nitrogen and oxygen atoms in total. The van der Waals surface area contributed by atoms with Gasteiger partial charge in [-0.1, -0.05) is 13.3 Å². The molecular weight excluding hydrogens is 256 g/mol. The molecule has 1 heterocycles. The van der Waals surface area contributed by atoms with Crippen LogP contribution in [0.15, 0.2) is 4.99 Å². The average molecular weight is 284 g/mol. The number of carbonyl (C=O) groups excluding carboxylic acids is 1. The fourth-order valence-corrected chi connectivity index (χ4v) is 2.19. The van der Waals surface area contributed by atoms with E-state index in [2.05, 4.69) is 22.5 Å². The number of rotatable bonds is 5. The van der Waals surface area contributed by atoms with Gasteiger partial charge in [-0.3, -0.25) is 4.99 Å². The molecule has 20 heavy (non-hydrogen) atoms. The number of unbranched alkanes of at least 4 members (excludes halogenated alkanes) is 1. The van der Waals surface area contributed by atoms with Crippen LogP contribution in [0.1, 0.15) is 39.5 Å². The molecule has 0 atom stereocenters. The van der Waals surface area contributed by atoms with Crippen LogP contribution in [0.3, 0.4) is 0 Å². The minimum Gasteiger partial charge on any atom is -0.450 e. The number of aliphatic imine (C=N–C) groups is 1. The maximum atomic E-state index is 11.6. The summed E-state index contributed by atoms with van der Waals surface area (Å²) in [6, 6.07) is 0.369. The molecule has 0 spiro atoms. The number of carbonyl (C=O) groups is 1. The maximum absolute atomic E-state index is 11.6. The Bertz CT molecular complexity index is 312. The first-order valence-corrected chi connectivity index (χ1v) is 7.60. The summed E-state index contributed by atoms with van der Waals surface area (Å²) < 4.78 is 5.01. The number of likely N-dealkylation sites (tertiary alicyclic amines) is 1. The van der Waals surface area contributed by atoms with Crippen LogP contribution in [-0.2, 0) is 4.74 Å². The zero-order valence-corrected chi connectivity index (χ0v) is 12.9. The third-order valence-electron chi connectivity index (χ3n) is 3.41. The number of hydrogen-bond acceptors (Lipinski definition) is 3. The summed E-state index contributed by atoms with van der Waals surface area (Å²) in [6.45, 7) is 6.86. The summed E-state index contributed by atoms with van der Waals surface area (Å²) in [5.41, 5.74) is 0. The number of nitrogens with zero attached hydrogens (tertiary/aromatic N) is 2. The Balaban J connectivity index is 2.28. The number of amides is 1. The molecule has 0 unspecified atom stereocenters. The van der Waals surface area contributed by atoms with Crippen molar-refractivity contribution in [1.29, 1.82) is 0 Å². The quantitative estimate of drug-likeness (QED) is 0.457. The Morgan fingerprint density at radius 3 is 2.60 bits per heavy atom.